The second-order valence-electron chi connectivity index (χ2n) is 6.68. The van der Waals surface area contributed by atoms with Crippen LogP contribution < -0.4 is 9.47 Å². The topological polar surface area (TPSA) is 52.6 Å². The summed E-state index contributed by atoms with van der Waals surface area (Å²) in [6.07, 6.45) is 0. The van der Waals surface area contributed by atoms with Crippen molar-refractivity contribution >= 4 is 23.4 Å². The molecule has 0 aromatic heterocycles. The van der Waals surface area contributed by atoms with Gasteiger partial charge in [0, 0.05) is 16.1 Å². The van der Waals surface area contributed by atoms with Gasteiger partial charge in [0.2, 0.25) is 5.60 Å². The van der Waals surface area contributed by atoms with Crippen molar-refractivity contribution in [2.75, 3.05) is 0 Å². The molecule has 0 saturated heterocycles. The van der Waals surface area contributed by atoms with Gasteiger partial charge in [0.05, 0.1) is 0 Å². The van der Waals surface area contributed by atoms with E-state index in [1.54, 1.807) is 74.5 Å². The molecule has 4 nitrogen and oxygen atoms in total. The van der Waals surface area contributed by atoms with Crippen molar-refractivity contribution in [2.24, 2.45) is 0 Å². The van der Waals surface area contributed by atoms with Crippen molar-refractivity contribution < 1.29 is 19.1 Å². The van der Waals surface area contributed by atoms with Crippen LogP contribution in [0.4, 0.5) is 0 Å². The molecule has 28 heavy (non-hydrogen) atoms. The van der Waals surface area contributed by atoms with E-state index in [0.29, 0.717) is 27.6 Å². The second kappa shape index (κ2) is 8.28. The molecule has 0 spiro atoms. The fraction of sp³-hybridized carbons (Fsp3) is 0.130. The summed E-state index contributed by atoms with van der Waals surface area (Å²) in [5, 5.41) is 0.581. The Morgan fingerprint density at radius 1 is 0.750 bits per heavy atom. The third-order valence-electron chi connectivity index (χ3n) is 4.04. The molecule has 5 heteroatoms. The maximum atomic E-state index is 12.5. The molecule has 3 rings (SSSR count). The molecule has 0 atom stereocenters. The van der Waals surface area contributed by atoms with E-state index in [2.05, 4.69) is 0 Å². The molecule has 0 N–H and O–H groups in total. The predicted octanol–water partition coefficient (Wildman–Crippen LogP) is 5.33. The standard InChI is InChI=1S/C23H19ClO4/c1-23(2,28-20-14-10-18(24)11-15-20)22(26)27-19-12-8-17(9-13-19)21(25)16-6-4-3-5-7-16/h3-15H,1-2H3. The van der Waals surface area contributed by atoms with E-state index in [-0.39, 0.29) is 5.78 Å². The zero-order valence-electron chi connectivity index (χ0n) is 15.5. The third kappa shape index (κ3) is 4.78. The van der Waals surface area contributed by atoms with Crippen molar-refractivity contribution in [3.8, 4) is 11.5 Å². The van der Waals surface area contributed by atoms with Gasteiger partial charge in [-0.1, -0.05) is 41.9 Å². The minimum absolute atomic E-state index is 0.0927. The zero-order chi connectivity index (χ0) is 20.1. The fourth-order valence-corrected chi connectivity index (χ4v) is 2.63. The number of hydrogen-bond acceptors (Lipinski definition) is 4. The molecule has 3 aromatic rings. The normalized spacial score (nSPS) is 11.0. The summed E-state index contributed by atoms with van der Waals surface area (Å²) in [6, 6.07) is 22.2. The van der Waals surface area contributed by atoms with Crippen molar-refractivity contribution in [1.29, 1.82) is 0 Å². The SMILES string of the molecule is CC(C)(Oc1ccc(Cl)cc1)C(=O)Oc1ccc(C(=O)c2ccccc2)cc1. The highest BCUT2D eigenvalue weighted by atomic mass is 35.5. The number of rotatable bonds is 6. The molecule has 0 bridgehead atoms. The van der Waals surface area contributed by atoms with Crippen LogP contribution in [0.15, 0.2) is 78.9 Å². The first-order chi connectivity index (χ1) is 13.3. The number of ketones is 1. The molecular formula is C23H19ClO4. The molecule has 0 saturated carbocycles. The molecule has 0 fully saturated rings. The monoisotopic (exact) mass is 394 g/mol. The van der Waals surface area contributed by atoms with Gasteiger partial charge in [-0.25, -0.2) is 4.79 Å². The average molecular weight is 395 g/mol. The molecule has 0 amide bonds. The van der Waals surface area contributed by atoms with Gasteiger partial charge in [-0.05, 0) is 62.4 Å². The molecule has 0 aliphatic heterocycles. The summed E-state index contributed by atoms with van der Waals surface area (Å²) in [5.41, 5.74) is -0.0840. The second-order valence-corrected chi connectivity index (χ2v) is 7.11. The Balaban J connectivity index is 1.66. The highest BCUT2D eigenvalue weighted by Crippen LogP contribution is 2.23. The van der Waals surface area contributed by atoms with Crippen molar-refractivity contribution in [1.82, 2.24) is 0 Å². The number of benzene rings is 3. The third-order valence-corrected chi connectivity index (χ3v) is 4.29. The highest BCUT2D eigenvalue weighted by molar-refractivity contribution is 6.30. The van der Waals surface area contributed by atoms with Crippen molar-refractivity contribution in [3.63, 3.8) is 0 Å². The lowest BCUT2D eigenvalue weighted by Crippen LogP contribution is -2.41. The Labute approximate surface area is 168 Å². The van der Waals surface area contributed by atoms with E-state index in [1.165, 1.54) is 0 Å². The van der Waals surface area contributed by atoms with Gasteiger partial charge in [0.25, 0.3) is 0 Å². The summed E-state index contributed by atoms with van der Waals surface area (Å²) >= 11 is 5.86. The van der Waals surface area contributed by atoms with Crippen LogP contribution in [0.5, 0.6) is 11.5 Å². The summed E-state index contributed by atoms with van der Waals surface area (Å²) in [5.74, 6) is 0.201. The van der Waals surface area contributed by atoms with Crippen LogP contribution in [0.2, 0.25) is 5.02 Å². The van der Waals surface area contributed by atoms with Gasteiger partial charge in [0.15, 0.2) is 5.78 Å². The number of halogens is 1. The molecule has 0 radical (unpaired) electrons. The number of hydrogen-bond donors (Lipinski definition) is 0. The molecular weight excluding hydrogens is 376 g/mol. The molecule has 0 unspecified atom stereocenters. The predicted molar refractivity (Wildman–Crippen MR) is 108 cm³/mol. The van der Waals surface area contributed by atoms with Crippen LogP contribution >= 0.6 is 11.6 Å². The van der Waals surface area contributed by atoms with Gasteiger partial charge in [0.1, 0.15) is 11.5 Å². The zero-order valence-corrected chi connectivity index (χ0v) is 16.3. The largest absolute Gasteiger partial charge is 0.476 e. The Morgan fingerprint density at radius 3 is 1.89 bits per heavy atom. The Hall–Kier alpha value is -3.11. The van der Waals surface area contributed by atoms with E-state index in [4.69, 9.17) is 21.1 Å². The van der Waals surface area contributed by atoms with Gasteiger partial charge in [-0.15, -0.1) is 0 Å². The van der Waals surface area contributed by atoms with Gasteiger partial charge >= 0.3 is 5.97 Å². The lowest BCUT2D eigenvalue weighted by atomic mass is 10.0. The van der Waals surface area contributed by atoms with E-state index in [9.17, 15) is 9.59 Å². The fourth-order valence-electron chi connectivity index (χ4n) is 2.50. The summed E-state index contributed by atoms with van der Waals surface area (Å²) in [4.78, 5) is 24.9. The number of carbonyl (C=O) groups excluding carboxylic acids is 2. The van der Waals surface area contributed by atoms with E-state index in [1.807, 2.05) is 18.2 Å². The minimum Gasteiger partial charge on any atom is -0.476 e. The summed E-state index contributed by atoms with van der Waals surface area (Å²) < 4.78 is 11.1. The number of carbonyl (C=O) groups is 2. The van der Waals surface area contributed by atoms with Crippen molar-refractivity contribution in [3.05, 3.63) is 95.0 Å². The Kier molecular flexibility index (Phi) is 5.81. The smallest absolute Gasteiger partial charge is 0.355 e. The molecule has 0 aliphatic carbocycles. The van der Waals surface area contributed by atoms with Crippen LogP contribution in [-0.4, -0.2) is 17.4 Å². The Bertz CT molecular complexity index is 962. The first-order valence-electron chi connectivity index (χ1n) is 8.72. The first kappa shape index (κ1) is 19.6. The lowest BCUT2D eigenvalue weighted by molar-refractivity contribution is -0.149. The average Bonchev–Trinajstić information content (AvgIpc) is 2.70. The van der Waals surface area contributed by atoms with E-state index < -0.39 is 11.6 Å². The molecule has 3 aromatic carbocycles. The lowest BCUT2D eigenvalue weighted by Gasteiger charge is -2.24. The summed E-state index contributed by atoms with van der Waals surface area (Å²) in [7, 11) is 0. The number of esters is 1. The molecule has 0 heterocycles. The van der Waals surface area contributed by atoms with Crippen LogP contribution in [-0.2, 0) is 4.79 Å². The van der Waals surface area contributed by atoms with E-state index >= 15 is 0 Å². The van der Waals surface area contributed by atoms with Crippen LogP contribution in [0.25, 0.3) is 0 Å². The quantitative estimate of drug-likeness (QED) is 0.322. The van der Waals surface area contributed by atoms with E-state index in [0.717, 1.165) is 0 Å². The molecule has 142 valence electrons. The maximum absolute atomic E-state index is 12.5. The van der Waals surface area contributed by atoms with Gasteiger partial charge in [-0.2, -0.15) is 0 Å². The van der Waals surface area contributed by atoms with Crippen LogP contribution in [0.1, 0.15) is 29.8 Å². The number of ether oxygens (including phenoxy) is 2. The minimum atomic E-state index is -1.20. The molecule has 0 aliphatic rings. The van der Waals surface area contributed by atoms with Crippen molar-refractivity contribution in [2.45, 2.75) is 19.4 Å². The van der Waals surface area contributed by atoms with Gasteiger partial charge in [-0.3, -0.25) is 4.79 Å². The Morgan fingerprint density at radius 2 is 1.29 bits per heavy atom. The van der Waals surface area contributed by atoms with Gasteiger partial charge < -0.3 is 9.47 Å². The summed E-state index contributed by atoms with van der Waals surface area (Å²) in [6.45, 7) is 3.24. The van der Waals surface area contributed by atoms with Crippen LogP contribution in [0.3, 0.4) is 0 Å². The highest BCUT2D eigenvalue weighted by Gasteiger charge is 2.32. The first-order valence-corrected chi connectivity index (χ1v) is 9.10. The maximum Gasteiger partial charge on any atom is 0.355 e. The van der Waals surface area contributed by atoms with Crippen LogP contribution in [0, 0.1) is 0 Å².